The smallest absolute Gasteiger partial charge is 0.160 e. The molecule has 0 bridgehead atoms. The van der Waals surface area contributed by atoms with Gasteiger partial charge in [-0.2, -0.15) is 0 Å². The predicted molar refractivity (Wildman–Crippen MR) is 70.8 cm³/mol. The van der Waals surface area contributed by atoms with Crippen LogP contribution in [0.1, 0.15) is 18.9 Å². The number of allylic oxidation sites excluding steroid dienone is 1. The van der Waals surface area contributed by atoms with Crippen LogP contribution >= 0.6 is 0 Å². The molecule has 0 spiro atoms. The molecule has 0 saturated heterocycles. The predicted octanol–water partition coefficient (Wildman–Crippen LogP) is 2.46. The number of hydrogen-bond donors (Lipinski definition) is 3. The molecule has 0 atom stereocenters. The van der Waals surface area contributed by atoms with Gasteiger partial charge >= 0.3 is 0 Å². The maximum absolute atomic E-state index is 9.25. The van der Waals surface area contributed by atoms with Crippen molar-refractivity contribution in [2.75, 3.05) is 7.11 Å². The van der Waals surface area contributed by atoms with Gasteiger partial charge in [0.25, 0.3) is 0 Å². The van der Waals surface area contributed by atoms with E-state index in [-0.39, 0.29) is 11.6 Å². The molecule has 0 aromatic heterocycles. The molecule has 0 aliphatic rings. The van der Waals surface area contributed by atoms with Crippen LogP contribution in [-0.2, 0) is 6.42 Å². The molecule has 1 rings (SSSR count). The molecule has 4 N–H and O–H groups in total. The second kappa shape index (κ2) is 8.21. The second-order valence-corrected chi connectivity index (χ2v) is 3.38. The highest BCUT2D eigenvalue weighted by atomic mass is 16.5. The third-order valence-corrected chi connectivity index (χ3v) is 2.01. The highest BCUT2D eigenvalue weighted by Crippen LogP contribution is 2.26. The maximum atomic E-state index is 9.25. The molecule has 0 aliphatic carbocycles. The summed E-state index contributed by atoms with van der Waals surface area (Å²) in [6.45, 7) is 5.48. The molecular weight excluding hydrogens is 216 g/mol. The third-order valence-electron chi connectivity index (χ3n) is 2.01. The van der Waals surface area contributed by atoms with E-state index in [2.05, 4.69) is 6.58 Å². The van der Waals surface area contributed by atoms with Crippen molar-refractivity contribution in [3.8, 4) is 11.5 Å². The normalized spacial score (nSPS) is 8.82. The van der Waals surface area contributed by atoms with Crippen LogP contribution in [0.5, 0.6) is 11.5 Å². The average molecular weight is 236 g/mol. The summed E-state index contributed by atoms with van der Waals surface area (Å²) in [4.78, 5) is 0. The quantitative estimate of drug-likeness (QED) is 0.427. The van der Waals surface area contributed by atoms with Crippen molar-refractivity contribution in [3.63, 3.8) is 0 Å². The molecule has 0 amide bonds. The van der Waals surface area contributed by atoms with Crippen LogP contribution in [-0.4, -0.2) is 18.1 Å². The van der Waals surface area contributed by atoms with E-state index in [1.807, 2.05) is 19.1 Å². The van der Waals surface area contributed by atoms with E-state index in [0.717, 1.165) is 12.0 Å². The SMILES string of the molecule is C=CCc1ccc(O)c(OC)c1.CCC(=N)N. The standard InChI is InChI=1S/C10H12O2.C3H8N2/c1-3-4-8-5-6-9(11)10(7-8)12-2;1-2-3(4)5/h3,5-7,11H,1,4H2,2H3;2H2,1H3,(H3,4,5). The largest absolute Gasteiger partial charge is 0.504 e. The maximum Gasteiger partial charge on any atom is 0.160 e. The topological polar surface area (TPSA) is 79.3 Å². The highest BCUT2D eigenvalue weighted by molar-refractivity contribution is 5.76. The minimum absolute atomic E-state index is 0.172. The Morgan fingerprint density at radius 1 is 1.59 bits per heavy atom. The van der Waals surface area contributed by atoms with E-state index in [0.29, 0.717) is 12.2 Å². The second-order valence-electron chi connectivity index (χ2n) is 3.38. The number of aromatic hydroxyl groups is 1. The number of benzene rings is 1. The number of phenols is 1. The lowest BCUT2D eigenvalue weighted by atomic mass is 10.1. The zero-order chi connectivity index (χ0) is 13.3. The summed E-state index contributed by atoms with van der Waals surface area (Å²) in [7, 11) is 1.53. The van der Waals surface area contributed by atoms with Gasteiger partial charge in [0.1, 0.15) is 0 Å². The van der Waals surface area contributed by atoms with Gasteiger partial charge in [-0.3, -0.25) is 5.41 Å². The molecule has 0 unspecified atom stereocenters. The number of rotatable bonds is 4. The first kappa shape index (κ1) is 15.0. The van der Waals surface area contributed by atoms with Crippen molar-refractivity contribution in [1.82, 2.24) is 0 Å². The Hall–Kier alpha value is -1.97. The van der Waals surface area contributed by atoms with Crippen LogP contribution in [0.3, 0.4) is 0 Å². The van der Waals surface area contributed by atoms with E-state index >= 15 is 0 Å². The minimum atomic E-state index is 0.172. The number of phenolic OH excluding ortho intramolecular Hbond substituents is 1. The van der Waals surface area contributed by atoms with Gasteiger partial charge in [0.15, 0.2) is 11.5 Å². The van der Waals surface area contributed by atoms with Gasteiger partial charge in [0.05, 0.1) is 12.9 Å². The minimum Gasteiger partial charge on any atom is -0.504 e. The number of hydrogen-bond acceptors (Lipinski definition) is 3. The first-order valence-corrected chi connectivity index (χ1v) is 5.34. The Kier molecular flexibility index (Phi) is 7.26. The summed E-state index contributed by atoms with van der Waals surface area (Å²) < 4.78 is 4.95. The fourth-order valence-corrected chi connectivity index (χ4v) is 1.02. The Bertz CT molecular complexity index is 376. The van der Waals surface area contributed by atoms with E-state index in [1.165, 1.54) is 7.11 Å². The number of ether oxygens (including phenoxy) is 1. The van der Waals surface area contributed by atoms with E-state index in [1.54, 1.807) is 12.1 Å². The Balaban J connectivity index is 0.000000437. The molecule has 17 heavy (non-hydrogen) atoms. The summed E-state index contributed by atoms with van der Waals surface area (Å²) in [5, 5.41) is 15.8. The van der Waals surface area contributed by atoms with Gasteiger partial charge in [0, 0.05) is 6.42 Å². The molecule has 0 saturated carbocycles. The van der Waals surface area contributed by atoms with E-state index in [4.69, 9.17) is 15.9 Å². The Morgan fingerprint density at radius 2 is 2.18 bits per heavy atom. The van der Waals surface area contributed by atoms with Gasteiger partial charge in [-0.05, 0) is 24.1 Å². The molecular formula is C13H20N2O2. The van der Waals surface area contributed by atoms with Crippen molar-refractivity contribution in [2.45, 2.75) is 19.8 Å². The van der Waals surface area contributed by atoms with Crippen molar-refractivity contribution in [1.29, 1.82) is 5.41 Å². The average Bonchev–Trinajstić information content (AvgIpc) is 2.32. The molecule has 1 aromatic rings. The van der Waals surface area contributed by atoms with Crippen molar-refractivity contribution < 1.29 is 9.84 Å². The Labute approximate surface area is 102 Å². The number of amidine groups is 1. The van der Waals surface area contributed by atoms with Crippen LogP contribution in [0.4, 0.5) is 0 Å². The third kappa shape index (κ3) is 6.25. The number of nitrogens with one attached hydrogen (secondary N) is 1. The summed E-state index contributed by atoms with van der Waals surface area (Å²) in [5.41, 5.74) is 5.96. The summed E-state index contributed by atoms with van der Waals surface area (Å²) >= 11 is 0. The molecule has 0 fully saturated rings. The first-order valence-electron chi connectivity index (χ1n) is 5.34. The molecule has 0 aliphatic heterocycles. The van der Waals surface area contributed by atoms with Crippen LogP contribution in [0.2, 0.25) is 0 Å². The molecule has 0 heterocycles. The molecule has 94 valence electrons. The lowest BCUT2D eigenvalue weighted by Gasteiger charge is -2.04. The van der Waals surface area contributed by atoms with Gasteiger partial charge < -0.3 is 15.6 Å². The van der Waals surface area contributed by atoms with Crippen LogP contribution in [0.15, 0.2) is 30.9 Å². The monoisotopic (exact) mass is 236 g/mol. The zero-order valence-corrected chi connectivity index (χ0v) is 10.4. The van der Waals surface area contributed by atoms with Gasteiger partial charge in [-0.1, -0.05) is 19.1 Å². The van der Waals surface area contributed by atoms with Crippen LogP contribution < -0.4 is 10.5 Å². The lowest BCUT2D eigenvalue weighted by molar-refractivity contribution is 0.373. The summed E-state index contributed by atoms with van der Waals surface area (Å²) in [6, 6.07) is 5.27. The van der Waals surface area contributed by atoms with Crippen molar-refractivity contribution in [2.24, 2.45) is 5.73 Å². The van der Waals surface area contributed by atoms with Crippen LogP contribution in [0, 0.1) is 5.41 Å². The van der Waals surface area contributed by atoms with E-state index < -0.39 is 0 Å². The van der Waals surface area contributed by atoms with Crippen LogP contribution in [0.25, 0.3) is 0 Å². The van der Waals surface area contributed by atoms with E-state index in [9.17, 15) is 5.11 Å². The van der Waals surface area contributed by atoms with Crippen molar-refractivity contribution in [3.05, 3.63) is 36.4 Å². The Morgan fingerprint density at radius 3 is 2.59 bits per heavy atom. The van der Waals surface area contributed by atoms with Gasteiger partial charge in [0.2, 0.25) is 0 Å². The van der Waals surface area contributed by atoms with Crippen molar-refractivity contribution >= 4 is 5.84 Å². The molecule has 1 aromatic carbocycles. The number of nitrogens with two attached hydrogens (primary N) is 1. The highest BCUT2D eigenvalue weighted by Gasteiger charge is 2.00. The lowest BCUT2D eigenvalue weighted by Crippen LogP contribution is -2.05. The fraction of sp³-hybridized carbons (Fsp3) is 0.308. The summed E-state index contributed by atoms with van der Waals surface area (Å²) in [5.74, 6) is 0.935. The fourth-order valence-electron chi connectivity index (χ4n) is 1.02. The van der Waals surface area contributed by atoms with Gasteiger partial charge in [-0.25, -0.2) is 0 Å². The molecule has 4 heteroatoms. The zero-order valence-electron chi connectivity index (χ0n) is 10.4. The first-order chi connectivity index (χ1) is 8.04. The summed E-state index contributed by atoms with van der Waals surface area (Å²) in [6.07, 6.45) is 3.27. The molecule has 4 nitrogen and oxygen atoms in total. The number of methoxy groups -OCH3 is 1. The van der Waals surface area contributed by atoms with Gasteiger partial charge in [-0.15, -0.1) is 6.58 Å². The molecule has 0 radical (unpaired) electrons.